The van der Waals surface area contributed by atoms with Crippen LogP contribution in [0.15, 0.2) is 23.2 Å². The summed E-state index contributed by atoms with van der Waals surface area (Å²) in [5, 5.41) is 1.26. The highest BCUT2D eigenvalue weighted by Crippen LogP contribution is 2.43. The molecule has 0 unspecified atom stereocenters. The van der Waals surface area contributed by atoms with E-state index >= 15 is 0 Å². The topological polar surface area (TPSA) is 66.8 Å². The highest BCUT2D eigenvalue weighted by atomic mass is 35.5. The Morgan fingerprint density at radius 2 is 2.08 bits per heavy atom. The molecule has 1 amide bonds. The Morgan fingerprint density at radius 1 is 1.36 bits per heavy atom. The zero-order valence-corrected chi connectivity index (χ0v) is 16.9. The summed E-state index contributed by atoms with van der Waals surface area (Å²) < 4.78 is 24.1. The van der Waals surface area contributed by atoms with E-state index in [1.165, 1.54) is 11.8 Å². The van der Waals surface area contributed by atoms with Gasteiger partial charge in [0.1, 0.15) is 0 Å². The lowest BCUT2D eigenvalue weighted by molar-refractivity contribution is -0.118. The van der Waals surface area contributed by atoms with Crippen molar-refractivity contribution >= 4 is 61.6 Å². The summed E-state index contributed by atoms with van der Waals surface area (Å²) in [6.07, 6.45) is 0.347. The molecule has 25 heavy (non-hydrogen) atoms. The van der Waals surface area contributed by atoms with Gasteiger partial charge in [-0.3, -0.25) is 4.79 Å². The number of fused-ring (bicyclic) bond motifs is 1. The largest absolute Gasteiger partial charge is 0.314 e. The van der Waals surface area contributed by atoms with Gasteiger partial charge in [-0.1, -0.05) is 48.8 Å². The highest BCUT2D eigenvalue weighted by Gasteiger charge is 2.49. The summed E-state index contributed by atoms with van der Waals surface area (Å²) in [4.78, 5) is 18.2. The number of thioether (sulfide) groups is 1. The minimum Gasteiger partial charge on any atom is -0.314 e. The molecule has 1 aromatic rings. The first-order valence-electron chi connectivity index (χ1n) is 7.89. The zero-order valence-electron chi connectivity index (χ0n) is 13.8. The predicted molar refractivity (Wildman–Crippen MR) is 105 cm³/mol. The number of benzene rings is 1. The SMILES string of the molecule is CC(C)CC(=O)N=C1S[C@H]2CS(=O)(=O)C[C@@H]2N1c1ccc(Cl)cc1Cl. The second-order valence-corrected chi connectivity index (χ2v) is 10.9. The minimum absolute atomic E-state index is 0.0288. The Bertz CT molecular complexity index is 840. The summed E-state index contributed by atoms with van der Waals surface area (Å²) >= 11 is 13.6. The van der Waals surface area contributed by atoms with E-state index in [2.05, 4.69) is 4.99 Å². The Balaban J connectivity index is 2.01. The van der Waals surface area contributed by atoms with Crippen LogP contribution in [0.25, 0.3) is 0 Å². The molecule has 0 spiro atoms. The first-order valence-corrected chi connectivity index (χ1v) is 11.3. The van der Waals surface area contributed by atoms with Crippen molar-refractivity contribution in [1.29, 1.82) is 0 Å². The van der Waals surface area contributed by atoms with Crippen LogP contribution >= 0.6 is 35.0 Å². The summed E-state index contributed by atoms with van der Waals surface area (Å²) in [5.41, 5.74) is 0.624. The molecule has 0 aliphatic carbocycles. The quantitative estimate of drug-likeness (QED) is 0.746. The van der Waals surface area contributed by atoms with Gasteiger partial charge in [0.05, 0.1) is 28.3 Å². The molecule has 0 radical (unpaired) electrons. The van der Waals surface area contributed by atoms with Crippen molar-refractivity contribution in [3.8, 4) is 0 Å². The van der Waals surface area contributed by atoms with E-state index < -0.39 is 9.84 Å². The molecule has 2 saturated heterocycles. The van der Waals surface area contributed by atoms with Crippen molar-refractivity contribution in [3.63, 3.8) is 0 Å². The third-order valence-electron chi connectivity index (χ3n) is 4.04. The van der Waals surface area contributed by atoms with Gasteiger partial charge in [0.2, 0.25) is 5.91 Å². The number of aliphatic imine (C=N–C) groups is 1. The smallest absolute Gasteiger partial charge is 0.248 e. The number of carbonyl (C=O) groups excluding carboxylic acids is 1. The number of hydrogen-bond donors (Lipinski definition) is 0. The number of anilines is 1. The van der Waals surface area contributed by atoms with Gasteiger partial charge >= 0.3 is 0 Å². The maximum Gasteiger partial charge on any atom is 0.248 e. The van der Waals surface area contributed by atoms with Gasteiger partial charge in [0.15, 0.2) is 15.0 Å². The van der Waals surface area contributed by atoms with Gasteiger partial charge in [-0.05, 0) is 24.1 Å². The molecule has 1 aromatic carbocycles. The fraction of sp³-hybridized carbons (Fsp3) is 0.500. The lowest BCUT2D eigenvalue weighted by Gasteiger charge is -2.25. The number of amidine groups is 1. The van der Waals surface area contributed by atoms with Crippen LogP contribution in [0, 0.1) is 5.92 Å². The molecule has 2 atom stereocenters. The zero-order chi connectivity index (χ0) is 18.4. The van der Waals surface area contributed by atoms with Gasteiger partial charge in [0, 0.05) is 16.7 Å². The van der Waals surface area contributed by atoms with E-state index in [0.29, 0.717) is 27.3 Å². The number of hydrogen-bond acceptors (Lipinski definition) is 4. The average molecular weight is 421 g/mol. The Kier molecular flexibility index (Phi) is 5.40. The van der Waals surface area contributed by atoms with Crippen LogP contribution in [0.4, 0.5) is 5.69 Å². The van der Waals surface area contributed by atoms with Gasteiger partial charge in [-0.15, -0.1) is 0 Å². The van der Waals surface area contributed by atoms with Crippen molar-refractivity contribution in [2.45, 2.75) is 31.6 Å². The lowest BCUT2D eigenvalue weighted by atomic mass is 10.1. The molecular formula is C16H18Cl2N2O3S2. The van der Waals surface area contributed by atoms with Crippen molar-refractivity contribution in [2.75, 3.05) is 16.4 Å². The fourth-order valence-corrected chi connectivity index (χ4v) is 7.45. The Hall–Kier alpha value is -0.760. The second kappa shape index (κ2) is 7.10. The molecule has 2 fully saturated rings. The van der Waals surface area contributed by atoms with Crippen LogP contribution in [0.2, 0.25) is 10.0 Å². The van der Waals surface area contributed by atoms with Crippen LogP contribution in [0.5, 0.6) is 0 Å². The van der Waals surface area contributed by atoms with E-state index in [0.717, 1.165) is 0 Å². The number of sulfone groups is 1. The first kappa shape index (κ1) is 19.0. The average Bonchev–Trinajstić information content (AvgIpc) is 2.90. The van der Waals surface area contributed by atoms with Crippen molar-refractivity contribution < 1.29 is 13.2 Å². The minimum atomic E-state index is -3.11. The van der Waals surface area contributed by atoms with Crippen LogP contribution in [0.1, 0.15) is 20.3 Å². The summed E-state index contributed by atoms with van der Waals surface area (Å²) in [6, 6.07) is 4.76. The van der Waals surface area contributed by atoms with Crippen LogP contribution < -0.4 is 4.90 Å². The Morgan fingerprint density at radius 3 is 2.72 bits per heavy atom. The molecule has 5 nitrogen and oxygen atoms in total. The first-order chi connectivity index (χ1) is 11.7. The summed E-state index contributed by atoms with van der Waals surface area (Å²) in [5.74, 6) is 0.105. The van der Waals surface area contributed by atoms with Crippen LogP contribution in [-0.4, -0.2) is 42.3 Å². The third-order valence-corrected chi connectivity index (χ3v) is 7.79. The third kappa shape index (κ3) is 4.15. The molecule has 0 aromatic heterocycles. The van der Waals surface area contributed by atoms with E-state index in [1.807, 2.05) is 13.8 Å². The Labute approximate surface area is 161 Å². The standard InChI is InChI=1S/C16H18Cl2N2O3S2/c1-9(2)5-15(21)19-16-20(12-4-3-10(17)6-11(12)18)13-7-25(22,23)8-14(13)24-16/h3-4,6,9,13-14H,5,7-8H2,1-2H3/t13-,14-/m0/s1. The molecule has 2 aliphatic heterocycles. The molecule has 0 bridgehead atoms. The van der Waals surface area contributed by atoms with Gasteiger partial charge < -0.3 is 4.90 Å². The number of nitrogens with zero attached hydrogens (tertiary/aromatic N) is 2. The van der Waals surface area contributed by atoms with E-state index in [-0.39, 0.29) is 34.6 Å². The maximum atomic E-state index is 12.2. The predicted octanol–water partition coefficient (Wildman–Crippen LogP) is 3.64. The monoisotopic (exact) mass is 420 g/mol. The molecule has 0 N–H and O–H groups in total. The van der Waals surface area contributed by atoms with Gasteiger partial charge in [-0.2, -0.15) is 4.99 Å². The number of carbonyl (C=O) groups is 1. The molecule has 2 aliphatic rings. The van der Waals surface area contributed by atoms with Crippen LogP contribution in [0.3, 0.4) is 0 Å². The molecule has 136 valence electrons. The van der Waals surface area contributed by atoms with Gasteiger partial charge in [-0.25, -0.2) is 8.42 Å². The highest BCUT2D eigenvalue weighted by molar-refractivity contribution is 8.16. The molecule has 9 heteroatoms. The normalized spacial score (nSPS) is 26.4. The van der Waals surface area contributed by atoms with E-state index in [9.17, 15) is 13.2 Å². The lowest BCUT2D eigenvalue weighted by Crippen LogP contribution is -2.38. The number of amides is 1. The molecule has 0 saturated carbocycles. The van der Waals surface area contributed by atoms with Gasteiger partial charge in [0.25, 0.3) is 0 Å². The van der Waals surface area contributed by atoms with Crippen molar-refractivity contribution in [3.05, 3.63) is 28.2 Å². The van der Waals surface area contributed by atoms with E-state index in [1.54, 1.807) is 23.1 Å². The van der Waals surface area contributed by atoms with Crippen molar-refractivity contribution in [1.82, 2.24) is 0 Å². The maximum absolute atomic E-state index is 12.2. The molecule has 2 heterocycles. The molecule has 3 rings (SSSR count). The van der Waals surface area contributed by atoms with Crippen molar-refractivity contribution in [2.24, 2.45) is 10.9 Å². The van der Waals surface area contributed by atoms with Crippen LogP contribution in [-0.2, 0) is 14.6 Å². The summed E-state index contributed by atoms with van der Waals surface area (Å²) in [6.45, 7) is 3.91. The molecular weight excluding hydrogens is 403 g/mol. The second-order valence-electron chi connectivity index (χ2n) is 6.65. The fourth-order valence-electron chi connectivity index (χ4n) is 3.02. The summed E-state index contributed by atoms with van der Waals surface area (Å²) in [7, 11) is -3.11. The number of halogens is 2. The number of rotatable bonds is 3. The van der Waals surface area contributed by atoms with E-state index in [4.69, 9.17) is 23.2 Å².